The van der Waals surface area contributed by atoms with Gasteiger partial charge in [-0.1, -0.05) is 0 Å². The molecule has 0 fully saturated rings. The van der Waals surface area contributed by atoms with Gasteiger partial charge in [-0.15, -0.1) is 0 Å². The standard InChI is InChI=1S/C7H9NO4S/c1-5-3-4-6(12-5)7(9)8-13(2,10)11/h3-4H,1-2H3,(H,8,9). The first-order chi connectivity index (χ1) is 5.88. The number of sulfonamides is 1. The molecular formula is C7H9NO4S. The summed E-state index contributed by atoms with van der Waals surface area (Å²) in [7, 11) is -3.52. The minimum Gasteiger partial charge on any atom is -0.456 e. The predicted octanol–water partition coefficient (Wildman–Crippen LogP) is 0.277. The summed E-state index contributed by atoms with van der Waals surface area (Å²) < 4.78 is 28.0. The van der Waals surface area contributed by atoms with Gasteiger partial charge in [0.05, 0.1) is 6.26 Å². The number of amides is 1. The van der Waals surface area contributed by atoms with Crippen molar-refractivity contribution >= 4 is 15.9 Å². The van der Waals surface area contributed by atoms with Gasteiger partial charge in [0.2, 0.25) is 10.0 Å². The molecule has 0 saturated heterocycles. The number of furan rings is 1. The van der Waals surface area contributed by atoms with Gasteiger partial charge >= 0.3 is 0 Å². The van der Waals surface area contributed by atoms with E-state index in [1.54, 1.807) is 17.7 Å². The molecule has 0 aliphatic heterocycles. The maximum Gasteiger partial charge on any atom is 0.300 e. The molecule has 13 heavy (non-hydrogen) atoms. The fraction of sp³-hybridized carbons (Fsp3) is 0.286. The Bertz CT molecular complexity index is 417. The van der Waals surface area contributed by atoms with Crippen LogP contribution in [-0.2, 0) is 10.0 Å². The quantitative estimate of drug-likeness (QED) is 0.748. The largest absolute Gasteiger partial charge is 0.456 e. The second-order valence-corrected chi connectivity index (χ2v) is 4.36. The van der Waals surface area contributed by atoms with Crippen molar-refractivity contribution in [2.75, 3.05) is 6.26 Å². The van der Waals surface area contributed by atoms with Crippen LogP contribution in [0.4, 0.5) is 0 Å². The van der Waals surface area contributed by atoms with Crippen LogP contribution in [0.25, 0.3) is 0 Å². The van der Waals surface area contributed by atoms with Crippen molar-refractivity contribution in [1.82, 2.24) is 4.72 Å². The van der Waals surface area contributed by atoms with Crippen molar-refractivity contribution in [2.24, 2.45) is 0 Å². The van der Waals surface area contributed by atoms with Gasteiger partial charge in [-0.3, -0.25) is 4.79 Å². The fourth-order valence-electron chi connectivity index (χ4n) is 0.775. The van der Waals surface area contributed by atoms with E-state index in [4.69, 9.17) is 4.42 Å². The van der Waals surface area contributed by atoms with Crippen LogP contribution < -0.4 is 4.72 Å². The van der Waals surface area contributed by atoms with E-state index in [2.05, 4.69) is 0 Å². The van der Waals surface area contributed by atoms with E-state index in [0.29, 0.717) is 5.76 Å². The van der Waals surface area contributed by atoms with Crippen LogP contribution in [0.5, 0.6) is 0 Å². The Morgan fingerprint density at radius 1 is 1.46 bits per heavy atom. The van der Waals surface area contributed by atoms with Crippen molar-refractivity contribution in [3.63, 3.8) is 0 Å². The first-order valence-corrected chi connectivity index (χ1v) is 5.36. The number of rotatable bonds is 2. The maximum absolute atomic E-state index is 11.1. The van der Waals surface area contributed by atoms with E-state index in [1.165, 1.54) is 6.07 Å². The molecule has 0 unspecified atom stereocenters. The van der Waals surface area contributed by atoms with Crippen LogP contribution in [-0.4, -0.2) is 20.6 Å². The molecule has 1 amide bonds. The average Bonchev–Trinajstić information content (AvgIpc) is 2.31. The highest BCUT2D eigenvalue weighted by atomic mass is 32.2. The summed E-state index contributed by atoms with van der Waals surface area (Å²) in [4.78, 5) is 11.1. The Morgan fingerprint density at radius 2 is 2.08 bits per heavy atom. The number of hydrogen-bond donors (Lipinski definition) is 1. The van der Waals surface area contributed by atoms with E-state index in [0.717, 1.165) is 6.26 Å². The van der Waals surface area contributed by atoms with E-state index in [9.17, 15) is 13.2 Å². The summed E-state index contributed by atoms with van der Waals surface area (Å²) >= 11 is 0. The lowest BCUT2D eigenvalue weighted by molar-refractivity contribution is 0.0953. The van der Waals surface area contributed by atoms with Crippen molar-refractivity contribution in [3.8, 4) is 0 Å². The highest BCUT2D eigenvalue weighted by Gasteiger charge is 2.13. The minimum absolute atomic E-state index is 0.0112. The zero-order chi connectivity index (χ0) is 10.1. The molecule has 6 heteroatoms. The molecule has 0 atom stereocenters. The van der Waals surface area contributed by atoms with Crippen LogP contribution in [0.15, 0.2) is 16.5 Å². The van der Waals surface area contributed by atoms with Gasteiger partial charge in [0.1, 0.15) is 5.76 Å². The van der Waals surface area contributed by atoms with Gasteiger partial charge in [-0.2, -0.15) is 0 Å². The zero-order valence-electron chi connectivity index (χ0n) is 7.20. The molecular weight excluding hydrogens is 194 g/mol. The Labute approximate surface area is 75.8 Å². The van der Waals surface area contributed by atoms with Crippen LogP contribution in [0, 0.1) is 6.92 Å². The molecule has 1 N–H and O–H groups in total. The molecule has 0 saturated carbocycles. The second-order valence-electron chi connectivity index (χ2n) is 2.61. The van der Waals surface area contributed by atoms with Crippen molar-refractivity contribution in [2.45, 2.75) is 6.92 Å². The third-order valence-electron chi connectivity index (χ3n) is 1.24. The molecule has 0 bridgehead atoms. The highest BCUT2D eigenvalue weighted by Crippen LogP contribution is 2.05. The predicted molar refractivity (Wildman–Crippen MR) is 45.8 cm³/mol. The van der Waals surface area contributed by atoms with Gasteiger partial charge in [0.25, 0.3) is 5.91 Å². The lowest BCUT2D eigenvalue weighted by atomic mass is 10.4. The third kappa shape index (κ3) is 2.90. The molecule has 5 nitrogen and oxygen atoms in total. The van der Waals surface area contributed by atoms with Crippen molar-refractivity contribution in [1.29, 1.82) is 0 Å². The summed E-state index contributed by atoms with van der Waals surface area (Å²) in [6.07, 6.45) is 0.903. The normalized spacial score (nSPS) is 11.2. The second kappa shape index (κ2) is 3.21. The lowest BCUT2D eigenvalue weighted by Gasteiger charge is -1.97. The Kier molecular flexibility index (Phi) is 2.42. The van der Waals surface area contributed by atoms with E-state index in [-0.39, 0.29) is 5.76 Å². The summed E-state index contributed by atoms with van der Waals surface area (Å²) in [5.41, 5.74) is 0. The van der Waals surface area contributed by atoms with Gasteiger partial charge in [-0.05, 0) is 19.1 Å². The summed E-state index contributed by atoms with van der Waals surface area (Å²) in [6, 6.07) is 2.99. The number of carbonyl (C=O) groups is 1. The molecule has 0 aliphatic carbocycles. The Balaban J connectivity index is 2.81. The smallest absolute Gasteiger partial charge is 0.300 e. The van der Waals surface area contributed by atoms with Crippen LogP contribution in [0.2, 0.25) is 0 Å². The number of nitrogens with one attached hydrogen (secondary N) is 1. The van der Waals surface area contributed by atoms with Crippen LogP contribution >= 0.6 is 0 Å². The number of aryl methyl sites for hydroxylation is 1. The topological polar surface area (TPSA) is 76.4 Å². The Morgan fingerprint density at radius 3 is 2.46 bits per heavy atom. The highest BCUT2D eigenvalue weighted by molar-refractivity contribution is 7.89. The molecule has 1 heterocycles. The SMILES string of the molecule is Cc1ccc(C(=O)NS(C)(=O)=O)o1. The van der Waals surface area contributed by atoms with Gasteiger partial charge in [0.15, 0.2) is 5.76 Å². The van der Waals surface area contributed by atoms with E-state index in [1.807, 2.05) is 0 Å². The van der Waals surface area contributed by atoms with Crippen molar-refractivity contribution in [3.05, 3.63) is 23.7 Å². The summed E-state index contributed by atoms with van der Waals surface area (Å²) in [6.45, 7) is 1.66. The summed E-state index contributed by atoms with van der Waals surface area (Å²) in [5, 5.41) is 0. The zero-order valence-corrected chi connectivity index (χ0v) is 8.01. The fourth-order valence-corrected chi connectivity index (χ4v) is 1.21. The van der Waals surface area contributed by atoms with Gasteiger partial charge in [0, 0.05) is 0 Å². The molecule has 1 aromatic heterocycles. The van der Waals surface area contributed by atoms with Crippen molar-refractivity contribution < 1.29 is 17.6 Å². The third-order valence-corrected chi connectivity index (χ3v) is 1.80. The number of hydrogen-bond acceptors (Lipinski definition) is 4. The lowest BCUT2D eigenvalue weighted by Crippen LogP contribution is -2.28. The minimum atomic E-state index is -3.52. The van der Waals surface area contributed by atoms with Crippen LogP contribution in [0.3, 0.4) is 0 Å². The van der Waals surface area contributed by atoms with E-state index >= 15 is 0 Å². The maximum atomic E-state index is 11.1. The van der Waals surface area contributed by atoms with Crippen LogP contribution in [0.1, 0.15) is 16.3 Å². The molecule has 0 spiro atoms. The van der Waals surface area contributed by atoms with Gasteiger partial charge in [-0.25, -0.2) is 13.1 Å². The van der Waals surface area contributed by atoms with Gasteiger partial charge < -0.3 is 4.42 Å². The molecule has 0 aliphatic rings. The van der Waals surface area contributed by atoms with E-state index < -0.39 is 15.9 Å². The monoisotopic (exact) mass is 203 g/mol. The first-order valence-electron chi connectivity index (χ1n) is 3.47. The molecule has 1 rings (SSSR count). The first kappa shape index (κ1) is 9.79. The molecule has 72 valence electrons. The average molecular weight is 203 g/mol. The molecule has 1 aromatic rings. The number of carbonyl (C=O) groups excluding carboxylic acids is 1. The molecule has 0 aromatic carbocycles. The molecule has 0 radical (unpaired) electrons. The Hall–Kier alpha value is -1.30. The summed E-state index contributed by atoms with van der Waals surface area (Å²) in [5.74, 6) is -0.211.